The van der Waals surface area contributed by atoms with Gasteiger partial charge in [0.05, 0.1) is 18.5 Å². The Morgan fingerprint density at radius 2 is 1.81 bits per heavy atom. The maximum absolute atomic E-state index is 5.44. The first kappa shape index (κ1) is 17.7. The second-order valence-electron chi connectivity index (χ2n) is 7.86. The lowest BCUT2D eigenvalue weighted by Gasteiger charge is -2.32. The maximum atomic E-state index is 5.44. The van der Waals surface area contributed by atoms with Crippen LogP contribution in [0.1, 0.15) is 43.6 Å². The van der Waals surface area contributed by atoms with Crippen molar-refractivity contribution in [1.82, 2.24) is 15.0 Å². The predicted molar refractivity (Wildman–Crippen MR) is 108 cm³/mol. The van der Waals surface area contributed by atoms with E-state index >= 15 is 0 Å². The Morgan fingerprint density at radius 1 is 1.00 bits per heavy atom. The number of ether oxygens (including phenoxy) is 1. The van der Waals surface area contributed by atoms with Crippen LogP contribution in [0.3, 0.4) is 0 Å². The molecule has 2 heterocycles. The Hall–Kier alpha value is -2.75. The van der Waals surface area contributed by atoms with Gasteiger partial charge >= 0.3 is 0 Å². The van der Waals surface area contributed by atoms with E-state index in [0.29, 0.717) is 5.82 Å². The fourth-order valence-corrected chi connectivity index (χ4v) is 3.90. The summed E-state index contributed by atoms with van der Waals surface area (Å²) >= 11 is 0. The number of benzene rings is 1. The largest absolute Gasteiger partial charge is 0.497 e. The maximum Gasteiger partial charge on any atom is 0.179 e. The van der Waals surface area contributed by atoms with Crippen molar-refractivity contribution in [1.29, 1.82) is 0 Å². The summed E-state index contributed by atoms with van der Waals surface area (Å²) in [4.78, 5) is 14.6. The molecular weight excluding hydrogens is 334 g/mol. The van der Waals surface area contributed by atoms with E-state index in [4.69, 9.17) is 14.7 Å². The average Bonchev–Trinajstić information content (AvgIpc) is 2.67. The van der Waals surface area contributed by atoms with E-state index in [-0.39, 0.29) is 5.41 Å². The molecule has 0 spiro atoms. The van der Waals surface area contributed by atoms with Gasteiger partial charge in [0.2, 0.25) is 0 Å². The van der Waals surface area contributed by atoms with Crippen molar-refractivity contribution in [2.24, 2.45) is 0 Å². The van der Waals surface area contributed by atoms with Crippen molar-refractivity contribution >= 4 is 0 Å². The van der Waals surface area contributed by atoms with Gasteiger partial charge in [0.25, 0.3) is 0 Å². The van der Waals surface area contributed by atoms with E-state index < -0.39 is 0 Å². The quantitative estimate of drug-likeness (QED) is 0.650. The van der Waals surface area contributed by atoms with E-state index in [1.165, 1.54) is 5.56 Å². The van der Waals surface area contributed by atoms with E-state index in [9.17, 15) is 0 Å². The van der Waals surface area contributed by atoms with E-state index in [0.717, 1.165) is 53.4 Å². The molecule has 4 nitrogen and oxygen atoms in total. The molecule has 3 aromatic rings. The highest BCUT2D eigenvalue weighted by Crippen LogP contribution is 2.40. The van der Waals surface area contributed by atoms with Crippen LogP contribution < -0.4 is 4.74 Å². The molecule has 1 aliphatic carbocycles. The summed E-state index contributed by atoms with van der Waals surface area (Å²) < 4.78 is 5.44. The predicted octanol–water partition coefficient (Wildman–Crippen LogP) is 5.14. The molecule has 4 rings (SSSR count). The Labute approximate surface area is 160 Å². The zero-order chi connectivity index (χ0) is 19.0. The minimum Gasteiger partial charge on any atom is -0.497 e. The van der Waals surface area contributed by atoms with Gasteiger partial charge < -0.3 is 4.74 Å². The fraction of sp³-hybridized carbons (Fsp3) is 0.348. The summed E-state index contributed by atoms with van der Waals surface area (Å²) in [5, 5.41) is 0. The third-order valence-corrected chi connectivity index (χ3v) is 5.34. The summed E-state index contributed by atoms with van der Waals surface area (Å²) in [6.07, 6.45) is 3.30. The zero-order valence-electron chi connectivity index (χ0n) is 16.4. The molecule has 1 aromatic carbocycles. The smallest absolute Gasteiger partial charge is 0.179 e. The van der Waals surface area contributed by atoms with Gasteiger partial charge in [-0.15, -0.1) is 0 Å². The van der Waals surface area contributed by atoms with Crippen LogP contribution in [0.2, 0.25) is 0 Å². The minimum atomic E-state index is 0.0305. The van der Waals surface area contributed by atoms with Crippen molar-refractivity contribution in [2.75, 3.05) is 7.11 Å². The van der Waals surface area contributed by atoms with Crippen LogP contribution >= 0.6 is 0 Å². The van der Waals surface area contributed by atoms with Crippen LogP contribution in [0, 0.1) is 6.92 Å². The molecular formula is C23H25N3O. The van der Waals surface area contributed by atoms with Gasteiger partial charge in [-0.2, -0.15) is 0 Å². The van der Waals surface area contributed by atoms with Crippen LogP contribution in [0.15, 0.2) is 42.5 Å². The molecule has 0 fully saturated rings. The molecule has 0 N–H and O–H groups in total. The third kappa shape index (κ3) is 3.32. The second-order valence-corrected chi connectivity index (χ2v) is 7.86. The summed E-state index contributed by atoms with van der Waals surface area (Å²) in [5.41, 5.74) is 6.31. The van der Waals surface area contributed by atoms with Crippen LogP contribution in [-0.4, -0.2) is 22.1 Å². The van der Waals surface area contributed by atoms with Crippen molar-refractivity contribution in [3.63, 3.8) is 0 Å². The second kappa shape index (κ2) is 6.76. The molecule has 0 atom stereocenters. The Balaban J connectivity index is 1.98. The number of pyridine rings is 1. The Bertz CT molecular complexity index is 995. The monoisotopic (exact) mass is 359 g/mol. The van der Waals surface area contributed by atoms with Gasteiger partial charge in [0.15, 0.2) is 5.82 Å². The summed E-state index contributed by atoms with van der Waals surface area (Å²) in [5.74, 6) is 1.54. The lowest BCUT2D eigenvalue weighted by molar-refractivity contribution is 0.414. The third-order valence-electron chi connectivity index (χ3n) is 5.34. The highest BCUT2D eigenvalue weighted by molar-refractivity contribution is 5.69. The molecule has 0 amide bonds. The summed E-state index contributed by atoms with van der Waals surface area (Å²) in [6, 6.07) is 14.1. The molecule has 138 valence electrons. The summed E-state index contributed by atoms with van der Waals surface area (Å²) in [7, 11) is 1.69. The average molecular weight is 359 g/mol. The van der Waals surface area contributed by atoms with E-state index in [2.05, 4.69) is 31.0 Å². The van der Waals surface area contributed by atoms with Crippen molar-refractivity contribution in [2.45, 2.75) is 45.4 Å². The molecule has 27 heavy (non-hydrogen) atoms. The standard InChI is InChI=1S/C23H25N3O/c1-15-8-5-12-19(24-15)22-25-20(16-9-6-10-17(14-16)27-4)18-11-7-13-23(2,3)21(18)26-22/h5-6,8-10,12,14H,7,11,13H2,1-4H3. The summed E-state index contributed by atoms with van der Waals surface area (Å²) in [6.45, 7) is 6.55. The van der Waals surface area contributed by atoms with Crippen LogP contribution in [0.25, 0.3) is 22.8 Å². The molecule has 4 heteroatoms. The topological polar surface area (TPSA) is 47.9 Å². The first-order chi connectivity index (χ1) is 13.0. The van der Waals surface area contributed by atoms with Gasteiger partial charge in [-0.3, -0.25) is 0 Å². The molecule has 0 saturated carbocycles. The number of hydrogen-bond donors (Lipinski definition) is 0. The molecule has 0 aliphatic heterocycles. The fourth-order valence-electron chi connectivity index (χ4n) is 3.90. The van der Waals surface area contributed by atoms with Gasteiger partial charge in [-0.1, -0.05) is 32.0 Å². The number of aryl methyl sites for hydroxylation is 1. The first-order valence-electron chi connectivity index (χ1n) is 9.48. The van der Waals surface area contributed by atoms with Crippen molar-refractivity contribution in [3.05, 3.63) is 59.4 Å². The molecule has 0 bridgehead atoms. The number of rotatable bonds is 3. The number of fused-ring (bicyclic) bond motifs is 1. The zero-order valence-corrected chi connectivity index (χ0v) is 16.4. The number of aromatic nitrogens is 3. The van der Waals surface area contributed by atoms with E-state index in [1.54, 1.807) is 7.11 Å². The Morgan fingerprint density at radius 3 is 2.59 bits per heavy atom. The molecule has 0 saturated heterocycles. The van der Waals surface area contributed by atoms with Gasteiger partial charge in [0.1, 0.15) is 11.4 Å². The lowest BCUT2D eigenvalue weighted by Crippen LogP contribution is -2.27. The lowest BCUT2D eigenvalue weighted by atomic mass is 9.75. The normalized spacial score (nSPS) is 15.3. The molecule has 0 unspecified atom stereocenters. The van der Waals surface area contributed by atoms with Crippen LogP contribution in [0.5, 0.6) is 5.75 Å². The van der Waals surface area contributed by atoms with Gasteiger partial charge in [0, 0.05) is 22.2 Å². The minimum absolute atomic E-state index is 0.0305. The number of nitrogens with zero attached hydrogens (tertiary/aromatic N) is 3. The first-order valence-corrected chi connectivity index (χ1v) is 9.48. The molecule has 1 aliphatic rings. The highest BCUT2D eigenvalue weighted by Gasteiger charge is 2.32. The molecule has 0 radical (unpaired) electrons. The van der Waals surface area contributed by atoms with Gasteiger partial charge in [-0.05, 0) is 50.5 Å². The number of methoxy groups -OCH3 is 1. The van der Waals surface area contributed by atoms with Crippen LogP contribution in [-0.2, 0) is 11.8 Å². The Kier molecular flexibility index (Phi) is 4.42. The van der Waals surface area contributed by atoms with E-state index in [1.807, 2.05) is 37.3 Å². The molecule has 2 aromatic heterocycles. The van der Waals surface area contributed by atoms with Crippen LogP contribution in [0.4, 0.5) is 0 Å². The highest BCUT2D eigenvalue weighted by atomic mass is 16.5. The van der Waals surface area contributed by atoms with Gasteiger partial charge in [-0.25, -0.2) is 15.0 Å². The SMILES string of the molecule is COc1cccc(-c2nc(-c3cccc(C)n3)nc3c2CCCC3(C)C)c1. The van der Waals surface area contributed by atoms with Crippen molar-refractivity contribution < 1.29 is 4.74 Å². The van der Waals surface area contributed by atoms with Crippen molar-refractivity contribution in [3.8, 4) is 28.5 Å². The number of hydrogen-bond acceptors (Lipinski definition) is 4.